The lowest BCUT2D eigenvalue weighted by molar-refractivity contribution is -0.140. The standard InChI is InChI=1S/C32H32Cl2N2O4/c1-4-40-32(39)30-21(3)36(29(37)18-27(30)26-11-6-5-8-20(26)2)19-22-9-7-10-24(16-22)31(38)35-15-14-23-12-13-25(33)17-28(23)34/h5-13,16-17,27H,4,14-15,18-19H2,1-3H3,(H,35,38)/t27-/m0/s1. The van der Waals surface area contributed by atoms with E-state index in [1.54, 1.807) is 49.1 Å². The van der Waals surface area contributed by atoms with Gasteiger partial charge in [0.2, 0.25) is 5.91 Å². The molecule has 0 aromatic heterocycles. The van der Waals surface area contributed by atoms with E-state index in [2.05, 4.69) is 5.32 Å². The van der Waals surface area contributed by atoms with E-state index in [1.165, 1.54) is 0 Å². The minimum atomic E-state index is -0.417. The normalized spacial score (nSPS) is 15.3. The average Bonchev–Trinajstić information content (AvgIpc) is 2.92. The van der Waals surface area contributed by atoms with Crippen LogP contribution in [0.15, 0.2) is 78.0 Å². The summed E-state index contributed by atoms with van der Waals surface area (Å²) in [5, 5.41) is 4.04. The number of halogens is 2. The third-order valence-corrected chi connectivity index (χ3v) is 7.69. The maximum atomic E-state index is 13.4. The fourth-order valence-electron chi connectivity index (χ4n) is 5.05. The van der Waals surface area contributed by atoms with Gasteiger partial charge in [-0.15, -0.1) is 0 Å². The van der Waals surface area contributed by atoms with Crippen molar-refractivity contribution in [3.05, 3.63) is 116 Å². The van der Waals surface area contributed by atoms with Gasteiger partial charge in [-0.05, 0) is 73.7 Å². The number of nitrogens with one attached hydrogen (secondary N) is 1. The number of ether oxygens (including phenoxy) is 1. The molecule has 6 nitrogen and oxygen atoms in total. The lowest BCUT2D eigenvalue weighted by Gasteiger charge is -2.35. The molecule has 2 amide bonds. The summed E-state index contributed by atoms with van der Waals surface area (Å²) in [5.41, 5.74) is 5.17. The molecule has 1 aliphatic heterocycles. The summed E-state index contributed by atoms with van der Waals surface area (Å²) in [6.07, 6.45) is 0.718. The molecular formula is C32H32Cl2N2O4. The predicted octanol–water partition coefficient (Wildman–Crippen LogP) is 6.63. The zero-order chi connectivity index (χ0) is 28.8. The van der Waals surface area contributed by atoms with Crippen LogP contribution in [0.25, 0.3) is 0 Å². The van der Waals surface area contributed by atoms with Crippen molar-refractivity contribution >= 4 is 41.0 Å². The van der Waals surface area contributed by atoms with Gasteiger partial charge in [-0.3, -0.25) is 9.59 Å². The van der Waals surface area contributed by atoms with Crippen LogP contribution < -0.4 is 5.32 Å². The van der Waals surface area contributed by atoms with Crippen molar-refractivity contribution < 1.29 is 19.1 Å². The molecule has 0 spiro atoms. The molecule has 1 atom stereocenters. The van der Waals surface area contributed by atoms with Crippen molar-refractivity contribution in [3.63, 3.8) is 0 Å². The number of carbonyl (C=O) groups is 3. The molecule has 208 valence electrons. The Balaban J connectivity index is 1.52. The van der Waals surface area contributed by atoms with Gasteiger partial charge >= 0.3 is 5.97 Å². The molecule has 0 aliphatic carbocycles. The Morgan fingerprint density at radius 3 is 2.52 bits per heavy atom. The lowest BCUT2D eigenvalue weighted by atomic mass is 9.81. The molecular weight excluding hydrogens is 547 g/mol. The minimum absolute atomic E-state index is 0.0894. The fraction of sp³-hybridized carbons (Fsp3) is 0.281. The van der Waals surface area contributed by atoms with Crippen molar-refractivity contribution in [2.24, 2.45) is 0 Å². The summed E-state index contributed by atoms with van der Waals surface area (Å²) in [7, 11) is 0. The third kappa shape index (κ3) is 6.75. The van der Waals surface area contributed by atoms with Crippen molar-refractivity contribution in [1.29, 1.82) is 0 Å². The third-order valence-electron chi connectivity index (χ3n) is 7.11. The smallest absolute Gasteiger partial charge is 0.336 e. The Hall–Kier alpha value is -3.61. The molecule has 0 unspecified atom stereocenters. The van der Waals surface area contributed by atoms with E-state index in [-0.39, 0.29) is 37.3 Å². The summed E-state index contributed by atoms with van der Waals surface area (Å²) in [5.74, 6) is -1.11. The number of amides is 2. The summed E-state index contributed by atoms with van der Waals surface area (Å²) in [4.78, 5) is 41.0. The van der Waals surface area contributed by atoms with E-state index in [9.17, 15) is 14.4 Å². The average molecular weight is 580 g/mol. The number of allylic oxidation sites excluding steroid dienone is 1. The second-order valence-corrected chi connectivity index (χ2v) is 10.6. The maximum absolute atomic E-state index is 13.4. The van der Waals surface area contributed by atoms with Crippen molar-refractivity contribution in [2.75, 3.05) is 13.2 Å². The topological polar surface area (TPSA) is 75.7 Å². The molecule has 0 saturated heterocycles. The molecule has 4 rings (SSSR count). The van der Waals surface area contributed by atoms with E-state index in [1.807, 2.05) is 43.3 Å². The van der Waals surface area contributed by atoms with Crippen LogP contribution in [0.2, 0.25) is 10.0 Å². The first-order chi connectivity index (χ1) is 19.2. The predicted molar refractivity (Wildman–Crippen MR) is 157 cm³/mol. The summed E-state index contributed by atoms with van der Waals surface area (Å²) in [6.45, 7) is 6.40. The van der Waals surface area contributed by atoms with Gasteiger partial charge in [0, 0.05) is 40.2 Å². The highest BCUT2D eigenvalue weighted by Crippen LogP contribution is 2.39. The Labute approximate surface area is 244 Å². The van der Waals surface area contributed by atoms with Crippen molar-refractivity contribution in [1.82, 2.24) is 10.2 Å². The Morgan fingerprint density at radius 1 is 1.02 bits per heavy atom. The number of aryl methyl sites for hydroxylation is 1. The second kappa shape index (κ2) is 13.2. The number of carbonyl (C=O) groups excluding carboxylic acids is 3. The molecule has 8 heteroatoms. The van der Waals surface area contributed by atoms with Gasteiger partial charge in [-0.2, -0.15) is 0 Å². The van der Waals surface area contributed by atoms with Gasteiger partial charge in [0.05, 0.1) is 18.7 Å². The highest BCUT2D eigenvalue weighted by atomic mass is 35.5. The SMILES string of the molecule is CCOC(=O)C1=C(C)N(Cc2cccc(C(=O)NCCc3ccc(Cl)cc3Cl)c2)C(=O)C[C@H]1c1ccccc1C. The first-order valence-corrected chi connectivity index (χ1v) is 14.0. The first-order valence-electron chi connectivity index (χ1n) is 13.2. The van der Waals surface area contributed by atoms with Gasteiger partial charge in [0.25, 0.3) is 5.91 Å². The van der Waals surface area contributed by atoms with Crippen LogP contribution in [-0.4, -0.2) is 35.8 Å². The molecule has 1 heterocycles. The van der Waals surface area contributed by atoms with Crippen molar-refractivity contribution in [3.8, 4) is 0 Å². The molecule has 3 aromatic rings. The summed E-state index contributed by atoms with van der Waals surface area (Å²) >= 11 is 12.2. The zero-order valence-electron chi connectivity index (χ0n) is 22.8. The van der Waals surface area contributed by atoms with Crippen LogP contribution in [0.3, 0.4) is 0 Å². The molecule has 1 aliphatic rings. The summed E-state index contributed by atoms with van der Waals surface area (Å²) in [6, 6.07) is 20.2. The molecule has 0 bridgehead atoms. The number of benzene rings is 3. The van der Waals surface area contributed by atoms with E-state index >= 15 is 0 Å². The maximum Gasteiger partial charge on any atom is 0.336 e. The second-order valence-electron chi connectivity index (χ2n) is 9.75. The Kier molecular flexibility index (Phi) is 9.67. The quantitative estimate of drug-likeness (QED) is 0.289. The van der Waals surface area contributed by atoms with E-state index in [0.29, 0.717) is 39.8 Å². The zero-order valence-corrected chi connectivity index (χ0v) is 24.3. The number of hydrogen-bond acceptors (Lipinski definition) is 4. The molecule has 40 heavy (non-hydrogen) atoms. The van der Waals surface area contributed by atoms with Gasteiger partial charge in [0.15, 0.2) is 0 Å². The van der Waals surface area contributed by atoms with Crippen molar-refractivity contribution in [2.45, 2.75) is 46.1 Å². The van der Waals surface area contributed by atoms with Crippen LogP contribution in [0.1, 0.15) is 58.8 Å². The first kappa shape index (κ1) is 29.4. The number of rotatable bonds is 9. The number of esters is 1. The fourth-order valence-corrected chi connectivity index (χ4v) is 5.55. The van der Waals surface area contributed by atoms with Crippen LogP contribution in [0.4, 0.5) is 0 Å². The molecule has 0 fully saturated rings. The molecule has 1 N–H and O–H groups in total. The lowest BCUT2D eigenvalue weighted by Crippen LogP contribution is -2.38. The molecule has 3 aromatic carbocycles. The highest BCUT2D eigenvalue weighted by molar-refractivity contribution is 6.35. The Bertz CT molecular complexity index is 1470. The Morgan fingerprint density at radius 2 is 1.80 bits per heavy atom. The van der Waals surface area contributed by atoms with Crippen LogP contribution in [0.5, 0.6) is 0 Å². The monoisotopic (exact) mass is 578 g/mol. The van der Waals surface area contributed by atoms with E-state index in [4.69, 9.17) is 27.9 Å². The summed E-state index contributed by atoms with van der Waals surface area (Å²) < 4.78 is 5.41. The minimum Gasteiger partial charge on any atom is -0.463 e. The largest absolute Gasteiger partial charge is 0.463 e. The molecule has 0 saturated carbocycles. The van der Waals surface area contributed by atoms with Gasteiger partial charge in [0.1, 0.15) is 0 Å². The highest BCUT2D eigenvalue weighted by Gasteiger charge is 2.37. The number of nitrogens with zero attached hydrogens (tertiary/aromatic N) is 1. The van der Waals surface area contributed by atoms with Crippen LogP contribution in [-0.2, 0) is 27.3 Å². The van der Waals surface area contributed by atoms with Gasteiger partial charge in [-0.1, -0.05) is 65.7 Å². The van der Waals surface area contributed by atoms with Crippen LogP contribution >= 0.6 is 23.2 Å². The van der Waals surface area contributed by atoms with Crippen LogP contribution in [0, 0.1) is 6.92 Å². The van der Waals surface area contributed by atoms with E-state index < -0.39 is 5.97 Å². The van der Waals surface area contributed by atoms with Gasteiger partial charge < -0.3 is 15.0 Å². The number of hydrogen-bond donors (Lipinski definition) is 1. The molecule has 0 radical (unpaired) electrons. The van der Waals surface area contributed by atoms with Gasteiger partial charge in [-0.25, -0.2) is 4.79 Å². The van der Waals surface area contributed by atoms with E-state index in [0.717, 1.165) is 22.3 Å².